The highest BCUT2D eigenvalue weighted by molar-refractivity contribution is 5.86. The highest BCUT2D eigenvalue weighted by Gasteiger charge is 2.28. The van der Waals surface area contributed by atoms with Gasteiger partial charge < -0.3 is 5.11 Å². The lowest BCUT2D eigenvalue weighted by Gasteiger charge is -2.20. The zero-order chi connectivity index (χ0) is 14.9. The first-order chi connectivity index (χ1) is 9.29. The predicted octanol–water partition coefficient (Wildman–Crippen LogP) is 1.86. The molecule has 2 aromatic rings. The van der Waals surface area contributed by atoms with Crippen LogP contribution in [0.15, 0.2) is 18.5 Å². The van der Waals surface area contributed by atoms with Crippen LogP contribution in [0.4, 0.5) is 4.39 Å². The summed E-state index contributed by atoms with van der Waals surface area (Å²) in [5, 5.41) is 16.7. The third-order valence-electron chi connectivity index (χ3n) is 2.74. The maximum Gasteiger partial charge on any atom is 0.358 e. The lowest BCUT2D eigenvalue weighted by molar-refractivity contribution is 0.0687. The second kappa shape index (κ2) is 4.99. The number of carbonyl (C=O) groups is 1. The minimum absolute atomic E-state index is 0.0816. The van der Waals surface area contributed by atoms with E-state index < -0.39 is 17.2 Å². The summed E-state index contributed by atoms with van der Waals surface area (Å²) in [6, 6.07) is 1.33. The van der Waals surface area contributed by atoms with Crippen LogP contribution in [0.3, 0.4) is 0 Å². The van der Waals surface area contributed by atoms with Crippen LogP contribution in [-0.2, 0) is 12.0 Å². The largest absolute Gasteiger partial charge is 0.476 e. The number of nitrogens with zero attached hydrogens (tertiary/aromatic N) is 4. The maximum absolute atomic E-state index is 13.1. The molecule has 0 atom stereocenters. The Hall–Kier alpha value is -2.31. The molecule has 2 heterocycles. The van der Waals surface area contributed by atoms with Crippen LogP contribution in [-0.4, -0.2) is 31.1 Å². The molecule has 106 valence electrons. The summed E-state index contributed by atoms with van der Waals surface area (Å²) in [7, 11) is 0. The number of pyridine rings is 1. The van der Waals surface area contributed by atoms with Gasteiger partial charge in [-0.05, 0) is 11.6 Å². The molecule has 0 radical (unpaired) electrons. The van der Waals surface area contributed by atoms with Crippen molar-refractivity contribution >= 4 is 5.97 Å². The first kappa shape index (κ1) is 14.1. The Bertz CT molecular complexity index is 646. The van der Waals surface area contributed by atoms with Gasteiger partial charge in [0.1, 0.15) is 5.82 Å². The number of hydrogen-bond donors (Lipinski definition) is 1. The fraction of sp³-hybridized carbons (Fsp3) is 0.385. The number of rotatable bonds is 3. The fourth-order valence-corrected chi connectivity index (χ4v) is 2.03. The van der Waals surface area contributed by atoms with E-state index in [0.717, 1.165) is 6.20 Å². The Morgan fingerprint density at radius 3 is 2.65 bits per heavy atom. The minimum atomic E-state index is -1.13. The molecule has 0 amide bonds. The molecule has 7 heteroatoms. The van der Waals surface area contributed by atoms with E-state index in [4.69, 9.17) is 5.11 Å². The molecule has 0 unspecified atom stereocenters. The highest BCUT2D eigenvalue weighted by Crippen LogP contribution is 2.25. The summed E-state index contributed by atoms with van der Waals surface area (Å²) < 4.78 is 14.6. The minimum Gasteiger partial charge on any atom is -0.476 e. The van der Waals surface area contributed by atoms with Crippen molar-refractivity contribution in [1.29, 1.82) is 0 Å². The molecule has 0 aliphatic rings. The van der Waals surface area contributed by atoms with E-state index in [1.54, 1.807) is 0 Å². The van der Waals surface area contributed by atoms with Gasteiger partial charge in [-0.2, -0.15) is 0 Å². The molecule has 6 nitrogen and oxygen atoms in total. The van der Waals surface area contributed by atoms with Gasteiger partial charge in [-0.1, -0.05) is 26.0 Å². The smallest absolute Gasteiger partial charge is 0.358 e. The van der Waals surface area contributed by atoms with Gasteiger partial charge in [-0.3, -0.25) is 4.98 Å². The number of carboxylic acid groups (broad SMARTS) is 1. The molecule has 0 saturated carbocycles. The summed E-state index contributed by atoms with van der Waals surface area (Å²) in [6.45, 7) is 5.84. The molecule has 1 N–H and O–H groups in total. The summed E-state index contributed by atoms with van der Waals surface area (Å²) in [4.78, 5) is 15.0. The van der Waals surface area contributed by atoms with Gasteiger partial charge >= 0.3 is 5.97 Å². The summed E-state index contributed by atoms with van der Waals surface area (Å²) in [6.07, 6.45) is 2.62. The van der Waals surface area contributed by atoms with Crippen LogP contribution in [0.25, 0.3) is 0 Å². The number of aromatic nitrogens is 4. The van der Waals surface area contributed by atoms with Crippen LogP contribution in [0, 0.1) is 5.82 Å². The van der Waals surface area contributed by atoms with E-state index in [-0.39, 0.29) is 12.2 Å². The van der Waals surface area contributed by atoms with Crippen LogP contribution < -0.4 is 0 Å². The first-order valence-corrected chi connectivity index (χ1v) is 6.05. The van der Waals surface area contributed by atoms with Gasteiger partial charge in [0.25, 0.3) is 0 Å². The highest BCUT2D eigenvalue weighted by atomic mass is 19.1. The van der Waals surface area contributed by atoms with Gasteiger partial charge in [-0.25, -0.2) is 13.9 Å². The zero-order valence-electron chi connectivity index (χ0n) is 11.5. The first-order valence-electron chi connectivity index (χ1n) is 6.05. The molecule has 0 aliphatic carbocycles. The molecule has 0 aromatic carbocycles. The Morgan fingerprint density at radius 2 is 2.10 bits per heavy atom. The van der Waals surface area contributed by atoms with Crippen LogP contribution in [0.5, 0.6) is 0 Å². The SMILES string of the molecule is CC(C)(C)c1c(C(=O)O)nnn1Cc1cncc(F)c1. The van der Waals surface area contributed by atoms with Gasteiger partial charge in [0.2, 0.25) is 0 Å². The average molecular weight is 278 g/mol. The molecular formula is C13H15FN4O2. The van der Waals surface area contributed by atoms with Crippen molar-refractivity contribution < 1.29 is 14.3 Å². The van der Waals surface area contributed by atoms with E-state index in [9.17, 15) is 9.18 Å². The number of halogens is 1. The Morgan fingerprint density at radius 1 is 1.40 bits per heavy atom. The second-order valence-electron chi connectivity index (χ2n) is 5.51. The Labute approximate surface area is 115 Å². The fourth-order valence-electron chi connectivity index (χ4n) is 2.03. The van der Waals surface area contributed by atoms with Crippen LogP contribution in [0.1, 0.15) is 42.5 Å². The molecule has 0 aliphatic heterocycles. The van der Waals surface area contributed by atoms with Gasteiger partial charge in [0.15, 0.2) is 5.69 Å². The predicted molar refractivity (Wildman–Crippen MR) is 69.0 cm³/mol. The molecule has 2 rings (SSSR count). The molecular weight excluding hydrogens is 263 g/mol. The lowest BCUT2D eigenvalue weighted by Crippen LogP contribution is -2.22. The molecule has 0 saturated heterocycles. The van der Waals surface area contributed by atoms with Crippen molar-refractivity contribution in [2.45, 2.75) is 32.7 Å². The number of carboxylic acids is 1. The molecule has 0 bridgehead atoms. The normalized spacial score (nSPS) is 11.6. The van der Waals surface area contributed by atoms with Crippen molar-refractivity contribution in [2.24, 2.45) is 0 Å². The van der Waals surface area contributed by atoms with Crippen LogP contribution >= 0.6 is 0 Å². The zero-order valence-corrected chi connectivity index (χ0v) is 11.5. The molecule has 0 spiro atoms. The van der Waals surface area contributed by atoms with Crippen LogP contribution in [0.2, 0.25) is 0 Å². The van der Waals surface area contributed by atoms with Crippen molar-refractivity contribution in [3.05, 3.63) is 41.2 Å². The molecule has 2 aromatic heterocycles. The van der Waals surface area contributed by atoms with E-state index >= 15 is 0 Å². The van der Waals surface area contributed by atoms with Gasteiger partial charge in [-0.15, -0.1) is 5.10 Å². The summed E-state index contributed by atoms with van der Waals surface area (Å²) >= 11 is 0. The van der Waals surface area contributed by atoms with E-state index in [1.165, 1.54) is 16.9 Å². The topological polar surface area (TPSA) is 80.9 Å². The summed E-state index contributed by atoms with van der Waals surface area (Å²) in [5.41, 5.74) is 0.561. The van der Waals surface area contributed by atoms with Crippen molar-refractivity contribution in [2.75, 3.05) is 0 Å². The number of hydrogen-bond acceptors (Lipinski definition) is 4. The van der Waals surface area contributed by atoms with Gasteiger partial charge in [0.05, 0.1) is 18.4 Å². The molecule has 20 heavy (non-hydrogen) atoms. The third kappa shape index (κ3) is 2.81. The van der Waals surface area contributed by atoms with E-state index in [0.29, 0.717) is 11.3 Å². The van der Waals surface area contributed by atoms with Crippen molar-refractivity contribution in [1.82, 2.24) is 20.0 Å². The van der Waals surface area contributed by atoms with Crippen molar-refractivity contribution in [3.63, 3.8) is 0 Å². The Kier molecular flexibility index (Phi) is 3.52. The quantitative estimate of drug-likeness (QED) is 0.926. The standard InChI is InChI=1S/C13H15FN4O2/c1-13(2,3)11-10(12(19)20)16-17-18(11)7-8-4-9(14)6-15-5-8/h4-6H,7H2,1-3H3,(H,19,20). The Balaban J connectivity index is 2.45. The second-order valence-corrected chi connectivity index (χ2v) is 5.51. The number of aromatic carboxylic acids is 1. The average Bonchev–Trinajstić information content (AvgIpc) is 2.72. The summed E-state index contributed by atoms with van der Waals surface area (Å²) in [5.74, 6) is -1.57. The van der Waals surface area contributed by atoms with E-state index in [2.05, 4.69) is 15.3 Å². The van der Waals surface area contributed by atoms with Crippen molar-refractivity contribution in [3.8, 4) is 0 Å². The third-order valence-corrected chi connectivity index (χ3v) is 2.74. The maximum atomic E-state index is 13.1. The lowest BCUT2D eigenvalue weighted by atomic mass is 9.90. The molecule has 0 fully saturated rings. The van der Waals surface area contributed by atoms with E-state index in [1.807, 2.05) is 20.8 Å². The monoisotopic (exact) mass is 278 g/mol. The van der Waals surface area contributed by atoms with Gasteiger partial charge in [0, 0.05) is 11.6 Å².